The minimum atomic E-state index is -0.134. The summed E-state index contributed by atoms with van der Waals surface area (Å²) in [6.07, 6.45) is 3.68. The van der Waals surface area contributed by atoms with Crippen molar-refractivity contribution in [3.8, 4) is 11.4 Å². The van der Waals surface area contributed by atoms with Crippen molar-refractivity contribution < 1.29 is 14.3 Å². The molecule has 2 aromatic carbocycles. The van der Waals surface area contributed by atoms with Crippen LogP contribution in [0.1, 0.15) is 34.3 Å². The van der Waals surface area contributed by atoms with Crippen molar-refractivity contribution >= 4 is 5.91 Å². The van der Waals surface area contributed by atoms with Gasteiger partial charge in [-0.25, -0.2) is 4.68 Å². The van der Waals surface area contributed by atoms with E-state index in [4.69, 9.17) is 9.47 Å². The standard InChI is InChI=1S/C24H30N6O3/c1-18-14-20(6-7-23(18)30-17-26-27-28-30)24(31)25-16-19-4-3-5-22(15-19)33-13-10-29(2)21-8-11-32-12-9-21/h3-7,14-15,17,21H,8-13,16H2,1-2H3,(H,25,31). The Balaban J connectivity index is 1.27. The van der Waals surface area contributed by atoms with Crippen LogP contribution in [0.25, 0.3) is 5.69 Å². The number of nitrogens with one attached hydrogen (secondary N) is 1. The average Bonchev–Trinajstić information content (AvgIpc) is 3.38. The second kappa shape index (κ2) is 11.0. The number of carbonyl (C=O) groups excluding carboxylic acids is 1. The maximum atomic E-state index is 12.6. The zero-order valence-corrected chi connectivity index (χ0v) is 19.1. The number of aromatic nitrogens is 4. The third kappa shape index (κ3) is 6.15. The minimum Gasteiger partial charge on any atom is -0.492 e. The Bertz CT molecular complexity index is 1050. The maximum absolute atomic E-state index is 12.6. The Morgan fingerprint density at radius 1 is 1.24 bits per heavy atom. The van der Waals surface area contributed by atoms with Crippen LogP contribution in [0.2, 0.25) is 0 Å². The van der Waals surface area contributed by atoms with E-state index >= 15 is 0 Å². The van der Waals surface area contributed by atoms with Gasteiger partial charge in [-0.2, -0.15) is 0 Å². The van der Waals surface area contributed by atoms with Gasteiger partial charge in [-0.05, 0) is 78.7 Å². The number of ether oxygens (including phenoxy) is 2. The van der Waals surface area contributed by atoms with Gasteiger partial charge in [0, 0.05) is 37.9 Å². The van der Waals surface area contributed by atoms with Gasteiger partial charge < -0.3 is 14.8 Å². The van der Waals surface area contributed by atoms with Crippen LogP contribution >= 0.6 is 0 Å². The molecule has 1 amide bonds. The number of hydrogen-bond donors (Lipinski definition) is 1. The van der Waals surface area contributed by atoms with Gasteiger partial charge in [0.15, 0.2) is 0 Å². The molecule has 9 nitrogen and oxygen atoms in total. The van der Waals surface area contributed by atoms with Crippen LogP contribution in [0.5, 0.6) is 5.75 Å². The summed E-state index contributed by atoms with van der Waals surface area (Å²) < 4.78 is 13.0. The summed E-state index contributed by atoms with van der Waals surface area (Å²) in [5.74, 6) is 0.675. The SMILES string of the molecule is Cc1cc(C(=O)NCc2cccc(OCCN(C)C3CCOCC3)c2)ccc1-n1cnnn1. The van der Waals surface area contributed by atoms with E-state index in [0.717, 1.165) is 55.2 Å². The topological polar surface area (TPSA) is 94.4 Å². The number of nitrogens with zero attached hydrogens (tertiary/aromatic N) is 5. The number of aryl methyl sites for hydroxylation is 1. The minimum absolute atomic E-state index is 0.134. The van der Waals surface area contributed by atoms with Gasteiger partial charge >= 0.3 is 0 Å². The Hall–Kier alpha value is -3.30. The molecule has 1 aliphatic heterocycles. The fourth-order valence-corrected chi connectivity index (χ4v) is 3.97. The van der Waals surface area contributed by atoms with E-state index in [-0.39, 0.29) is 5.91 Å². The van der Waals surface area contributed by atoms with Crippen LogP contribution < -0.4 is 10.1 Å². The van der Waals surface area contributed by atoms with E-state index in [1.165, 1.54) is 6.33 Å². The molecule has 3 aromatic rings. The molecule has 0 atom stereocenters. The fraction of sp³-hybridized carbons (Fsp3) is 0.417. The highest BCUT2D eigenvalue weighted by molar-refractivity contribution is 5.94. The molecule has 0 unspecified atom stereocenters. The van der Waals surface area contributed by atoms with Gasteiger partial charge in [-0.15, -0.1) is 5.10 Å². The maximum Gasteiger partial charge on any atom is 0.251 e. The highest BCUT2D eigenvalue weighted by Gasteiger charge is 2.18. The van der Waals surface area contributed by atoms with Crippen molar-refractivity contribution in [1.29, 1.82) is 0 Å². The van der Waals surface area contributed by atoms with E-state index in [2.05, 4.69) is 32.8 Å². The summed E-state index contributed by atoms with van der Waals surface area (Å²) in [5.41, 5.74) is 3.33. The highest BCUT2D eigenvalue weighted by Crippen LogP contribution is 2.17. The number of amides is 1. The molecule has 1 N–H and O–H groups in total. The molecule has 1 fully saturated rings. The zero-order valence-electron chi connectivity index (χ0n) is 19.1. The first-order valence-corrected chi connectivity index (χ1v) is 11.2. The number of carbonyl (C=O) groups is 1. The number of tetrazole rings is 1. The molecule has 33 heavy (non-hydrogen) atoms. The Kier molecular flexibility index (Phi) is 7.64. The predicted molar refractivity (Wildman–Crippen MR) is 123 cm³/mol. The summed E-state index contributed by atoms with van der Waals surface area (Å²) >= 11 is 0. The molecule has 4 rings (SSSR count). The molecule has 1 aliphatic rings. The first-order valence-electron chi connectivity index (χ1n) is 11.2. The first-order chi connectivity index (χ1) is 16.1. The molecule has 9 heteroatoms. The van der Waals surface area contributed by atoms with Crippen LogP contribution in [-0.4, -0.2) is 70.5 Å². The number of benzene rings is 2. The van der Waals surface area contributed by atoms with Crippen LogP contribution in [0, 0.1) is 6.92 Å². The first kappa shape index (κ1) is 22.9. The number of likely N-dealkylation sites (N-methyl/N-ethyl adjacent to an activating group) is 1. The van der Waals surface area contributed by atoms with Gasteiger partial charge in [0.1, 0.15) is 18.7 Å². The smallest absolute Gasteiger partial charge is 0.251 e. The molecule has 174 valence electrons. The summed E-state index contributed by atoms with van der Waals surface area (Å²) in [6, 6.07) is 13.9. The zero-order chi connectivity index (χ0) is 23.0. The molecular formula is C24H30N6O3. The molecule has 2 heterocycles. The molecule has 0 aliphatic carbocycles. The van der Waals surface area contributed by atoms with Crippen LogP contribution in [0.15, 0.2) is 48.8 Å². The van der Waals surface area contributed by atoms with Crippen LogP contribution in [0.3, 0.4) is 0 Å². The van der Waals surface area contributed by atoms with Crippen molar-refractivity contribution in [2.75, 3.05) is 33.4 Å². The normalized spacial score (nSPS) is 14.4. The van der Waals surface area contributed by atoms with E-state index in [0.29, 0.717) is 24.8 Å². The van der Waals surface area contributed by atoms with E-state index in [1.54, 1.807) is 10.7 Å². The molecule has 0 spiro atoms. The number of hydrogen-bond acceptors (Lipinski definition) is 7. The summed E-state index contributed by atoms with van der Waals surface area (Å²) in [7, 11) is 2.14. The van der Waals surface area contributed by atoms with Crippen LogP contribution in [0.4, 0.5) is 0 Å². The molecule has 0 radical (unpaired) electrons. The van der Waals surface area contributed by atoms with Crippen molar-refractivity contribution in [2.24, 2.45) is 0 Å². The second-order valence-electron chi connectivity index (χ2n) is 8.26. The van der Waals surface area contributed by atoms with Gasteiger partial charge in [-0.1, -0.05) is 12.1 Å². The van der Waals surface area contributed by atoms with E-state index in [1.807, 2.05) is 43.3 Å². The molecule has 0 bridgehead atoms. The Morgan fingerprint density at radius 3 is 2.85 bits per heavy atom. The molecule has 1 aromatic heterocycles. The quantitative estimate of drug-likeness (QED) is 0.535. The summed E-state index contributed by atoms with van der Waals surface area (Å²) in [6.45, 7) is 5.52. The highest BCUT2D eigenvalue weighted by atomic mass is 16.5. The van der Waals surface area contributed by atoms with Gasteiger partial charge in [0.2, 0.25) is 0 Å². The molecular weight excluding hydrogens is 420 g/mol. The van der Waals surface area contributed by atoms with Crippen molar-refractivity contribution in [2.45, 2.75) is 32.4 Å². The van der Waals surface area contributed by atoms with Gasteiger partial charge in [0.25, 0.3) is 5.91 Å². The lowest BCUT2D eigenvalue weighted by molar-refractivity contribution is 0.0392. The third-order valence-electron chi connectivity index (χ3n) is 5.93. The van der Waals surface area contributed by atoms with E-state index in [9.17, 15) is 4.79 Å². The lowest BCUT2D eigenvalue weighted by Crippen LogP contribution is -2.38. The van der Waals surface area contributed by atoms with Crippen molar-refractivity contribution in [3.05, 3.63) is 65.5 Å². The summed E-state index contributed by atoms with van der Waals surface area (Å²) in [5, 5.41) is 14.2. The van der Waals surface area contributed by atoms with Gasteiger partial charge in [0.05, 0.1) is 5.69 Å². The predicted octanol–water partition coefficient (Wildman–Crippen LogP) is 2.39. The van der Waals surface area contributed by atoms with Crippen molar-refractivity contribution in [1.82, 2.24) is 30.4 Å². The lowest BCUT2D eigenvalue weighted by Gasteiger charge is -2.31. The summed E-state index contributed by atoms with van der Waals surface area (Å²) in [4.78, 5) is 15.0. The largest absolute Gasteiger partial charge is 0.492 e. The Morgan fingerprint density at radius 2 is 2.09 bits per heavy atom. The van der Waals surface area contributed by atoms with E-state index < -0.39 is 0 Å². The lowest BCUT2D eigenvalue weighted by atomic mass is 10.1. The monoisotopic (exact) mass is 450 g/mol. The van der Waals surface area contributed by atoms with Crippen molar-refractivity contribution in [3.63, 3.8) is 0 Å². The molecule has 1 saturated heterocycles. The van der Waals surface area contributed by atoms with Gasteiger partial charge in [-0.3, -0.25) is 9.69 Å². The number of rotatable bonds is 9. The fourth-order valence-electron chi connectivity index (χ4n) is 3.97. The Labute approximate surface area is 193 Å². The molecule has 0 saturated carbocycles. The second-order valence-corrected chi connectivity index (χ2v) is 8.26. The van der Waals surface area contributed by atoms with Crippen LogP contribution in [-0.2, 0) is 11.3 Å². The average molecular weight is 451 g/mol. The third-order valence-corrected chi connectivity index (χ3v) is 5.93.